The van der Waals surface area contributed by atoms with Gasteiger partial charge < -0.3 is 0 Å². The van der Waals surface area contributed by atoms with E-state index >= 15 is 0 Å². The molecule has 0 atom stereocenters. The molecule has 0 heterocycles. The first-order valence-corrected chi connectivity index (χ1v) is 19.9. The van der Waals surface area contributed by atoms with E-state index in [4.69, 9.17) is 0 Å². The van der Waals surface area contributed by atoms with Crippen LogP contribution in [-0.2, 0) is 5.41 Å². The molecule has 0 saturated carbocycles. The smallest absolute Gasteiger partial charge is 0.0622 e. The quantitative estimate of drug-likeness (QED) is 0.125. The molecule has 12 rings (SSSR count). The molecule has 0 bridgehead atoms. The average molecular weight is 721 g/mol. The van der Waals surface area contributed by atoms with Gasteiger partial charge in [0.15, 0.2) is 0 Å². The summed E-state index contributed by atoms with van der Waals surface area (Å²) in [5.41, 5.74) is 12.2. The second kappa shape index (κ2) is 12.4. The van der Waals surface area contributed by atoms with Crippen LogP contribution < -0.4 is 0 Å². The van der Waals surface area contributed by atoms with Crippen LogP contribution >= 0.6 is 0 Å². The van der Waals surface area contributed by atoms with Crippen molar-refractivity contribution in [2.24, 2.45) is 0 Å². The Hall–Kier alpha value is -7.28. The predicted molar refractivity (Wildman–Crippen MR) is 242 cm³/mol. The van der Waals surface area contributed by atoms with Gasteiger partial charge in [-0.2, -0.15) is 0 Å². The highest BCUT2D eigenvalue weighted by molar-refractivity contribution is 6.20. The molecule has 11 aromatic rings. The van der Waals surface area contributed by atoms with E-state index < -0.39 is 5.41 Å². The van der Waals surface area contributed by atoms with Gasteiger partial charge in [0.05, 0.1) is 5.41 Å². The standard InChI is InChI=1S/C57H36/c1-3-20-42(21-4-1)57(43-22-5-2-6-23-43)54-35-41(56-46-26-12-9-17-39(46)33-52-45-25-11-8-16-38(45)29-32-50(52)56)30-31-49(54)53-34-40-19-14-28-48(51(40)36-55(53)57)47-27-13-18-37-15-7-10-24-44(37)47/h1-36H. The first kappa shape index (κ1) is 32.0. The molecule has 11 aromatic carbocycles. The van der Waals surface area contributed by atoms with Crippen LogP contribution in [0.5, 0.6) is 0 Å². The van der Waals surface area contributed by atoms with Crippen LogP contribution in [0.15, 0.2) is 218 Å². The van der Waals surface area contributed by atoms with Crippen molar-refractivity contribution in [2.75, 3.05) is 0 Å². The topological polar surface area (TPSA) is 0 Å². The molecule has 264 valence electrons. The fraction of sp³-hybridized carbons (Fsp3) is 0.0175. The van der Waals surface area contributed by atoms with Crippen LogP contribution in [-0.4, -0.2) is 0 Å². The fourth-order valence-corrected chi connectivity index (χ4v) is 10.2. The summed E-state index contributed by atoms with van der Waals surface area (Å²) in [6, 6.07) is 81.7. The third-order valence-electron chi connectivity index (χ3n) is 12.7. The minimum Gasteiger partial charge on any atom is -0.0622 e. The lowest BCUT2D eigenvalue weighted by molar-refractivity contribution is 0.770. The van der Waals surface area contributed by atoms with Crippen LogP contribution in [0.25, 0.3) is 87.2 Å². The SMILES string of the molecule is c1ccc(C2(c3ccccc3)c3cc(-c4c5ccccc5cc5c4ccc4ccccc45)ccc3-c3cc4cccc(-c5cccc6ccccc56)c4cc32)cc1. The molecule has 57 heavy (non-hydrogen) atoms. The van der Waals surface area contributed by atoms with Gasteiger partial charge in [0, 0.05) is 0 Å². The minimum atomic E-state index is -0.559. The Labute approximate surface area is 331 Å². The van der Waals surface area contributed by atoms with Crippen molar-refractivity contribution in [3.8, 4) is 33.4 Å². The molecule has 1 aliphatic rings. The second-order valence-electron chi connectivity index (χ2n) is 15.5. The maximum Gasteiger partial charge on any atom is 0.0714 e. The van der Waals surface area contributed by atoms with Gasteiger partial charge in [0.2, 0.25) is 0 Å². The Morgan fingerprint density at radius 2 is 0.789 bits per heavy atom. The molecule has 0 saturated heterocycles. The Morgan fingerprint density at radius 1 is 0.246 bits per heavy atom. The molecule has 0 nitrogen and oxygen atoms in total. The Balaban J connectivity index is 1.20. The van der Waals surface area contributed by atoms with Gasteiger partial charge in [-0.05, 0) is 134 Å². The molecule has 0 heteroatoms. The molecule has 0 radical (unpaired) electrons. The molecule has 0 amide bonds. The highest BCUT2D eigenvalue weighted by atomic mass is 14.5. The first-order chi connectivity index (χ1) is 28.3. The van der Waals surface area contributed by atoms with Crippen molar-refractivity contribution >= 4 is 53.9 Å². The van der Waals surface area contributed by atoms with E-state index in [-0.39, 0.29) is 0 Å². The Kier molecular flexibility index (Phi) is 6.94. The Morgan fingerprint density at radius 3 is 1.53 bits per heavy atom. The van der Waals surface area contributed by atoms with Crippen molar-refractivity contribution in [2.45, 2.75) is 5.41 Å². The van der Waals surface area contributed by atoms with E-state index in [0.717, 1.165) is 0 Å². The average Bonchev–Trinajstić information content (AvgIpc) is 3.56. The summed E-state index contributed by atoms with van der Waals surface area (Å²) >= 11 is 0. The normalized spacial score (nSPS) is 13.1. The summed E-state index contributed by atoms with van der Waals surface area (Å²) in [6.45, 7) is 0. The van der Waals surface area contributed by atoms with Crippen LogP contribution in [0, 0.1) is 0 Å². The van der Waals surface area contributed by atoms with E-state index in [1.165, 1.54) is 109 Å². The molecule has 0 spiro atoms. The van der Waals surface area contributed by atoms with Gasteiger partial charge in [-0.1, -0.05) is 194 Å². The van der Waals surface area contributed by atoms with Gasteiger partial charge in [0.1, 0.15) is 0 Å². The number of benzene rings is 11. The highest BCUT2D eigenvalue weighted by Gasteiger charge is 2.46. The summed E-state index contributed by atoms with van der Waals surface area (Å²) in [7, 11) is 0. The zero-order valence-corrected chi connectivity index (χ0v) is 31.3. The minimum absolute atomic E-state index is 0.559. The van der Waals surface area contributed by atoms with Gasteiger partial charge in [0.25, 0.3) is 0 Å². The van der Waals surface area contributed by atoms with Gasteiger partial charge in [-0.3, -0.25) is 0 Å². The summed E-state index contributed by atoms with van der Waals surface area (Å²) in [6.07, 6.45) is 0. The van der Waals surface area contributed by atoms with Gasteiger partial charge >= 0.3 is 0 Å². The molecule has 0 N–H and O–H groups in total. The first-order valence-electron chi connectivity index (χ1n) is 19.9. The van der Waals surface area contributed by atoms with Crippen LogP contribution in [0.1, 0.15) is 22.3 Å². The van der Waals surface area contributed by atoms with E-state index in [2.05, 4.69) is 218 Å². The van der Waals surface area contributed by atoms with E-state index in [1.807, 2.05) is 0 Å². The zero-order valence-electron chi connectivity index (χ0n) is 31.3. The summed E-state index contributed by atoms with van der Waals surface area (Å²) < 4.78 is 0. The number of hydrogen-bond acceptors (Lipinski definition) is 0. The summed E-state index contributed by atoms with van der Waals surface area (Å²) in [4.78, 5) is 0. The van der Waals surface area contributed by atoms with Crippen molar-refractivity contribution in [1.29, 1.82) is 0 Å². The predicted octanol–water partition coefficient (Wildman–Crippen LogP) is 15.1. The van der Waals surface area contributed by atoms with Gasteiger partial charge in [-0.25, -0.2) is 0 Å². The lowest BCUT2D eigenvalue weighted by atomic mass is 9.67. The maximum absolute atomic E-state index is 2.53. The number of rotatable bonds is 4. The number of fused-ring (bicyclic) bond motifs is 9. The summed E-state index contributed by atoms with van der Waals surface area (Å²) in [5, 5.41) is 12.7. The molecule has 0 fully saturated rings. The molecule has 0 aromatic heterocycles. The second-order valence-corrected chi connectivity index (χ2v) is 15.5. The largest absolute Gasteiger partial charge is 0.0714 e. The number of hydrogen-bond donors (Lipinski definition) is 0. The maximum atomic E-state index is 2.53. The molecule has 0 unspecified atom stereocenters. The Bertz CT molecular complexity index is 3350. The lowest BCUT2D eigenvalue weighted by Gasteiger charge is -2.34. The van der Waals surface area contributed by atoms with Crippen LogP contribution in [0.2, 0.25) is 0 Å². The molecule has 0 aliphatic heterocycles. The molecular formula is C57H36. The van der Waals surface area contributed by atoms with Crippen molar-refractivity contribution < 1.29 is 0 Å². The highest BCUT2D eigenvalue weighted by Crippen LogP contribution is 2.58. The monoisotopic (exact) mass is 720 g/mol. The molecular weight excluding hydrogens is 685 g/mol. The van der Waals surface area contributed by atoms with Crippen molar-refractivity contribution in [3.63, 3.8) is 0 Å². The molecule has 1 aliphatic carbocycles. The van der Waals surface area contributed by atoms with E-state index in [1.54, 1.807) is 0 Å². The third kappa shape index (κ3) is 4.62. The van der Waals surface area contributed by atoms with Crippen molar-refractivity contribution in [1.82, 2.24) is 0 Å². The van der Waals surface area contributed by atoms with Crippen molar-refractivity contribution in [3.05, 3.63) is 241 Å². The fourth-order valence-electron chi connectivity index (χ4n) is 10.2. The van der Waals surface area contributed by atoms with Gasteiger partial charge in [-0.15, -0.1) is 0 Å². The summed E-state index contributed by atoms with van der Waals surface area (Å²) in [5.74, 6) is 0. The van der Waals surface area contributed by atoms with E-state index in [9.17, 15) is 0 Å². The zero-order chi connectivity index (χ0) is 37.5. The lowest BCUT2D eigenvalue weighted by Crippen LogP contribution is -2.28. The van der Waals surface area contributed by atoms with Crippen LogP contribution in [0.3, 0.4) is 0 Å². The van der Waals surface area contributed by atoms with Crippen LogP contribution in [0.4, 0.5) is 0 Å². The third-order valence-corrected chi connectivity index (χ3v) is 12.7. The van der Waals surface area contributed by atoms with E-state index in [0.29, 0.717) is 0 Å².